The third kappa shape index (κ3) is 5.49. The lowest BCUT2D eigenvalue weighted by atomic mass is 9.82. The molecule has 10 aromatic carbocycles. The van der Waals surface area contributed by atoms with Crippen molar-refractivity contribution < 1.29 is 4.42 Å². The van der Waals surface area contributed by atoms with Crippen molar-refractivity contribution in [2.24, 2.45) is 0 Å². The number of hydrogen-bond acceptors (Lipinski definition) is 2. The standard InChI is InChI=1S/C59H41NO/c1-59(2)52-26-12-10-22-46(52)47-35-34-42(37-53(47)59)60(41-32-30-39(31-33-41)38-16-4-3-5-17-38)54-27-14-24-48(49-25-15-29-56-58(49)50-23-11-13-28-55(50)61-56)57(54)51-36-40-18-6-7-19-43(40)44-20-8-9-21-45(44)51/h3-37H,1-2H3. The number of furan rings is 1. The van der Waals surface area contributed by atoms with E-state index in [9.17, 15) is 0 Å². The van der Waals surface area contributed by atoms with E-state index >= 15 is 0 Å². The van der Waals surface area contributed by atoms with Gasteiger partial charge in [-0.15, -0.1) is 0 Å². The Bertz CT molecular complexity index is 3500. The smallest absolute Gasteiger partial charge is 0.136 e. The lowest BCUT2D eigenvalue weighted by Crippen LogP contribution is -2.17. The molecular weight excluding hydrogens is 739 g/mol. The van der Waals surface area contributed by atoms with Gasteiger partial charge in [0.25, 0.3) is 0 Å². The Hall–Kier alpha value is -7.68. The quantitative estimate of drug-likeness (QED) is 0.156. The molecule has 61 heavy (non-hydrogen) atoms. The van der Waals surface area contributed by atoms with Gasteiger partial charge < -0.3 is 9.32 Å². The van der Waals surface area contributed by atoms with Gasteiger partial charge in [-0.1, -0.05) is 178 Å². The zero-order chi connectivity index (χ0) is 40.7. The Kier molecular flexibility index (Phi) is 7.92. The SMILES string of the molecule is CC1(C)c2ccccc2-c2ccc(N(c3ccc(-c4ccccc4)cc3)c3cccc(-c4cccc5oc6ccccc6c45)c3-c3cc4ccccc4c4ccccc34)cc21. The van der Waals surface area contributed by atoms with E-state index in [1.165, 1.54) is 60.5 Å². The number of benzene rings is 10. The average Bonchev–Trinajstić information content (AvgIpc) is 3.81. The lowest BCUT2D eigenvalue weighted by Gasteiger charge is -2.31. The van der Waals surface area contributed by atoms with Gasteiger partial charge in [-0.2, -0.15) is 0 Å². The maximum Gasteiger partial charge on any atom is 0.136 e. The molecule has 12 rings (SSSR count). The highest BCUT2D eigenvalue weighted by Gasteiger charge is 2.36. The molecule has 2 heteroatoms. The summed E-state index contributed by atoms with van der Waals surface area (Å²) in [6, 6.07) is 77.6. The first-order valence-corrected chi connectivity index (χ1v) is 21.2. The fourth-order valence-corrected chi connectivity index (χ4v) is 10.2. The van der Waals surface area contributed by atoms with Crippen molar-refractivity contribution in [3.8, 4) is 44.5 Å². The molecule has 11 aromatic rings. The molecule has 2 nitrogen and oxygen atoms in total. The summed E-state index contributed by atoms with van der Waals surface area (Å²) in [7, 11) is 0. The average molecular weight is 780 g/mol. The molecule has 0 radical (unpaired) electrons. The highest BCUT2D eigenvalue weighted by molar-refractivity contribution is 6.19. The summed E-state index contributed by atoms with van der Waals surface area (Å²) in [6.45, 7) is 4.73. The van der Waals surface area contributed by atoms with Gasteiger partial charge in [0.2, 0.25) is 0 Å². The van der Waals surface area contributed by atoms with E-state index in [2.05, 4.69) is 231 Å². The van der Waals surface area contributed by atoms with Crippen LogP contribution in [-0.2, 0) is 5.41 Å². The van der Waals surface area contributed by atoms with Crippen LogP contribution in [0.2, 0.25) is 0 Å². The molecule has 0 unspecified atom stereocenters. The molecule has 0 atom stereocenters. The molecule has 288 valence electrons. The third-order valence-electron chi connectivity index (χ3n) is 13.1. The Morgan fingerprint density at radius 3 is 1.84 bits per heavy atom. The molecule has 0 bridgehead atoms. The molecule has 0 amide bonds. The van der Waals surface area contributed by atoms with Gasteiger partial charge in [0.15, 0.2) is 0 Å². The van der Waals surface area contributed by atoms with Crippen molar-refractivity contribution in [1.29, 1.82) is 0 Å². The number of hydrogen-bond donors (Lipinski definition) is 0. The zero-order valence-corrected chi connectivity index (χ0v) is 34.1. The predicted molar refractivity (Wildman–Crippen MR) is 257 cm³/mol. The van der Waals surface area contributed by atoms with Gasteiger partial charge in [0, 0.05) is 33.1 Å². The first-order chi connectivity index (χ1) is 30.0. The minimum atomic E-state index is -0.165. The van der Waals surface area contributed by atoms with Crippen LogP contribution in [0.5, 0.6) is 0 Å². The second-order valence-corrected chi connectivity index (χ2v) is 16.8. The molecule has 1 aliphatic carbocycles. The van der Waals surface area contributed by atoms with Crippen molar-refractivity contribution in [2.45, 2.75) is 19.3 Å². The largest absolute Gasteiger partial charge is 0.456 e. The van der Waals surface area contributed by atoms with Crippen molar-refractivity contribution in [2.75, 3.05) is 4.90 Å². The van der Waals surface area contributed by atoms with E-state index in [4.69, 9.17) is 4.42 Å². The molecule has 0 saturated carbocycles. The van der Waals surface area contributed by atoms with Gasteiger partial charge >= 0.3 is 0 Å². The Labute approximate surface area is 355 Å². The van der Waals surface area contributed by atoms with E-state index < -0.39 is 0 Å². The van der Waals surface area contributed by atoms with Crippen LogP contribution in [0.25, 0.3) is 88.0 Å². The van der Waals surface area contributed by atoms with Crippen LogP contribution in [-0.4, -0.2) is 0 Å². The summed E-state index contributed by atoms with van der Waals surface area (Å²) in [5, 5.41) is 7.14. The first kappa shape index (κ1) is 35.3. The summed E-state index contributed by atoms with van der Waals surface area (Å²) in [5.74, 6) is 0. The molecule has 0 fully saturated rings. The highest BCUT2D eigenvalue weighted by atomic mass is 16.3. The number of anilines is 3. The highest BCUT2D eigenvalue weighted by Crippen LogP contribution is 2.53. The maximum absolute atomic E-state index is 6.53. The predicted octanol–water partition coefficient (Wildman–Crippen LogP) is 16.7. The normalized spacial score (nSPS) is 12.9. The summed E-state index contributed by atoms with van der Waals surface area (Å²) >= 11 is 0. The second kappa shape index (κ2) is 13.7. The number of para-hydroxylation sites is 1. The van der Waals surface area contributed by atoms with E-state index in [0.29, 0.717) is 0 Å². The minimum absolute atomic E-state index is 0.165. The zero-order valence-electron chi connectivity index (χ0n) is 34.1. The molecule has 0 N–H and O–H groups in total. The topological polar surface area (TPSA) is 16.4 Å². The molecular formula is C59H41NO. The Morgan fingerprint density at radius 1 is 0.377 bits per heavy atom. The van der Waals surface area contributed by atoms with Crippen molar-refractivity contribution in [3.63, 3.8) is 0 Å². The lowest BCUT2D eigenvalue weighted by molar-refractivity contribution is 0.660. The van der Waals surface area contributed by atoms with E-state index in [0.717, 1.165) is 55.7 Å². The van der Waals surface area contributed by atoms with Crippen LogP contribution in [0.4, 0.5) is 17.1 Å². The fraction of sp³-hybridized carbons (Fsp3) is 0.0508. The molecule has 0 spiro atoms. The van der Waals surface area contributed by atoms with E-state index in [-0.39, 0.29) is 5.41 Å². The van der Waals surface area contributed by atoms with Gasteiger partial charge in [-0.3, -0.25) is 0 Å². The number of fused-ring (bicyclic) bond motifs is 9. The van der Waals surface area contributed by atoms with Crippen LogP contribution in [0.15, 0.2) is 217 Å². The summed E-state index contributed by atoms with van der Waals surface area (Å²) < 4.78 is 6.53. The van der Waals surface area contributed by atoms with Crippen LogP contribution >= 0.6 is 0 Å². The number of rotatable bonds is 6. The van der Waals surface area contributed by atoms with Crippen molar-refractivity contribution >= 4 is 60.5 Å². The summed E-state index contributed by atoms with van der Waals surface area (Å²) in [5.41, 5.74) is 17.2. The van der Waals surface area contributed by atoms with Crippen LogP contribution in [0.3, 0.4) is 0 Å². The van der Waals surface area contributed by atoms with Gasteiger partial charge in [-0.25, -0.2) is 0 Å². The van der Waals surface area contributed by atoms with Crippen molar-refractivity contribution in [1.82, 2.24) is 0 Å². The van der Waals surface area contributed by atoms with Gasteiger partial charge in [0.1, 0.15) is 11.2 Å². The molecule has 1 heterocycles. The monoisotopic (exact) mass is 779 g/mol. The Balaban J connectivity index is 1.19. The van der Waals surface area contributed by atoms with Crippen LogP contribution in [0, 0.1) is 0 Å². The Morgan fingerprint density at radius 2 is 0.984 bits per heavy atom. The van der Waals surface area contributed by atoms with Crippen LogP contribution in [0.1, 0.15) is 25.0 Å². The van der Waals surface area contributed by atoms with Gasteiger partial charge in [-0.05, 0) is 120 Å². The third-order valence-corrected chi connectivity index (χ3v) is 13.1. The fourth-order valence-electron chi connectivity index (χ4n) is 10.2. The summed E-state index contributed by atoms with van der Waals surface area (Å²) in [6.07, 6.45) is 0. The molecule has 0 aliphatic heterocycles. The van der Waals surface area contributed by atoms with Crippen LogP contribution < -0.4 is 4.90 Å². The maximum atomic E-state index is 6.53. The molecule has 0 saturated heterocycles. The summed E-state index contributed by atoms with van der Waals surface area (Å²) in [4.78, 5) is 2.49. The van der Waals surface area contributed by atoms with E-state index in [1.54, 1.807) is 0 Å². The van der Waals surface area contributed by atoms with E-state index in [1.807, 2.05) is 0 Å². The number of nitrogens with zero attached hydrogens (tertiary/aromatic N) is 1. The van der Waals surface area contributed by atoms with Gasteiger partial charge in [0.05, 0.1) is 5.69 Å². The molecule has 1 aromatic heterocycles. The molecule has 1 aliphatic rings. The van der Waals surface area contributed by atoms with Crippen molar-refractivity contribution in [3.05, 3.63) is 223 Å². The minimum Gasteiger partial charge on any atom is -0.456 e. The second-order valence-electron chi connectivity index (χ2n) is 16.8. The first-order valence-electron chi connectivity index (χ1n) is 21.2.